The Morgan fingerprint density at radius 3 is 0.440 bits per heavy atom. The molecule has 25 heavy (non-hydrogen) atoms. The molecule has 0 unspecified atom stereocenters. The van der Waals surface area contributed by atoms with E-state index >= 15 is 0 Å². The van der Waals surface area contributed by atoms with E-state index in [-0.39, 0.29) is 58.4 Å². The van der Waals surface area contributed by atoms with E-state index in [1.165, 1.54) is 5.01 Å². The smallest absolute Gasteiger partial charge is 0 e. The van der Waals surface area contributed by atoms with Crippen molar-refractivity contribution in [3.05, 3.63) is 65.7 Å². The summed E-state index contributed by atoms with van der Waals surface area (Å²) in [5.41, 5.74) is 0. The molecule has 0 rings (SSSR count). The first-order chi connectivity index (χ1) is 10.7. The molecule has 0 spiro atoms. The molecule has 0 bridgehead atoms. The van der Waals surface area contributed by atoms with Crippen LogP contribution in [0, 0.1) is 59.9 Å². The minimum atomic E-state index is 0. The average molecular weight is 614 g/mol. The van der Waals surface area contributed by atoms with Gasteiger partial charge in [0.2, 0.25) is 0 Å². The van der Waals surface area contributed by atoms with Gasteiger partial charge in [-0.15, -0.1) is 0 Å². The van der Waals surface area contributed by atoms with Gasteiger partial charge in [-0.25, -0.2) is 0 Å². The Labute approximate surface area is 184 Å². The Hall–Kier alpha value is -0.550. The summed E-state index contributed by atoms with van der Waals surface area (Å²) in [6.45, 7) is 40.5. The number of hydrogen-bond donors (Lipinski definition) is 0. The monoisotopic (exact) mass is 617 g/mol. The second-order valence-corrected chi connectivity index (χ2v) is 0.894. The summed E-state index contributed by atoms with van der Waals surface area (Å²) in [6.07, 6.45) is 0. The van der Waals surface area contributed by atoms with Crippen molar-refractivity contribution in [3.63, 3.8) is 0 Å². The van der Waals surface area contributed by atoms with E-state index in [1.807, 2.05) is 0 Å². The van der Waals surface area contributed by atoms with Crippen molar-refractivity contribution in [1.29, 1.82) is 0 Å². The molecule has 1 radical (unpaired) electrons. The van der Waals surface area contributed by atoms with Crippen LogP contribution >= 0.6 is 0 Å². The first kappa shape index (κ1) is 103. The predicted molar refractivity (Wildman–Crippen MR) is 53.4 cm³/mol. The van der Waals surface area contributed by atoms with Crippen LogP contribution in [0.15, 0.2) is 0 Å². The summed E-state index contributed by atoms with van der Waals surface area (Å²) in [6, 6.07) is 0. The Kier molecular flexibility index (Phi) is 8080. The molecule has 0 aliphatic rings. The van der Waals surface area contributed by atoms with Gasteiger partial charge in [0.05, 0.1) is 0 Å². The minimum absolute atomic E-state index is 0. The van der Waals surface area contributed by atoms with Crippen molar-refractivity contribution in [2.45, 2.75) is 0 Å². The van der Waals surface area contributed by atoms with Gasteiger partial charge in [-0.3, -0.25) is 0 Å². The van der Waals surface area contributed by atoms with Crippen LogP contribution in [0.3, 0.4) is 0 Å². The van der Waals surface area contributed by atoms with Crippen molar-refractivity contribution in [1.82, 2.24) is 5.01 Å². The molecule has 11 nitrogen and oxygen atoms in total. The Balaban J connectivity index is -0.00000000583. The van der Waals surface area contributed by atoms with Gasteiger partial charge >= 0.3 is 121 Å². The Morgan fingerprint density at radius 1 is 0.440 bits per heavy atom. The third-order valence-electron chi connectivity index (χ3n) is 0. The van der Waals surface area contributed by atoms with Gasteiger partial charge in [0.1, 0.15) is 0 Å². The van der Waals surface area contributed by atoms with E-state index in [0.717, 1.165) is 0 Å². The first-order valence-corrected chi connectivity index (χ1v) is 2.96. The number of hydrogen-bond acceptors (Lipinski definition) is 1. The molecule has 0 aromatic rings. The predicted octanol–water partition coefficient (Wildman–Crippen LogP) is 0.170. The van der Waals surface area contributed by atoms with Crippen LogP contribution in [0.2, 0.25) is 0 Å². The van der Waals surface area contributed by atoms with Gasteiger partial charge in [0.15, 0.2) is 0 Å². The van der Waals surface area contributed by atoms with E-state index in [4.69, 9.17) is 47.7 Å². The molecular weight excluding hydrogens is 607 g/mol. The van der Waals surface area contributed by atoms with Gasteiger partial charge < -0.3 is 10.9 Å². The van der Waals surface area contributed by atoms with Crippen molar-refractivity contribution >= 4 is 0 Å². The molecule has 139 valence electrons. The Morgan fingerprint density at radius 2 is 0.440 bits per heavy atom. The molecule has 0 aromatic carbocycles. The van der Waals surface area contributed by atoms with Gasteiger partial charge in [0.25, 0.3) is 0 Å². The second kappa shape index (κ2) is 1970. The molecule has 0 fully saturated rings. The summed E-state index contributed by atoms with van der Waals surface area (Å²) in [5, 5.41) is 1.25. The number of nitrogens with zero attached hydrogens (tertiary/aromatic N) is 1. The van der Waals surface area contributed by atoms with E-state index in [9.17, 15) is 0 Å². The van der Waals surface area contributed by atoms with Gasteiger partial charge in [-0.05, 0) is 14.1 Å². The maximum atomic E-state index is 7.50. The van der Waals surface area contributed by atoms with Crippen molar-refractivity contribution < 1.29 is 100 Å². The molecule has 0 aliphatic carbocycles. The zero-order chi connectivity index (χ0) is 21.6. The van der Waals surface area contributed by atoms with E-state index in [1.54, 1.807) is 14.1 Å². The Bertz CT molecular complexity index is 204. The van der Waals surface area contributed by atoms with Crippen LogP contribution in [-0.2, 0) is 100 Å². The number of rotatable bonds is 0. The summed E-state index contributed by atoms with van der Waals surface area (Å²) in [5.74, 6) is 6.42. The van der Waals surface area contributed by atoms with Crippen molar-refractivity contribution in [3.8, 4) is 0 Å². The molecule has 0 aliphatic heterocycles. The molecule has 0 heterocycles. The van der Waals surface area contributed by atoms with Crippen LogP contribution in [0.5, 0.6) is 0 Å². The van der Waals surface area contributed by atoms with Crippen LogP contribution in [0.1, 0.15) is 0 Å². The maximum Gasteiger partial charge on any atom is 1.00 e. The summed E-state index contributed by atoms with van der Waals surface area (Å²) in [4.78, 5) is 0. The maximum absolute atomic E-state index is 7.50. The molecule has 0 amide bonds. The summed E-state index contributed by atoms with van der Waals surface area (Å²) >= 11 is 0. The zero-order valence-corrected chi connectivity index (χ0v) is 17.4. The summed E-state index contributed by atoms with van der Waals surface area (Å²) in [7, 11) is 3.33. The van der Waals surface area contributed by atoms with E-state index in [2.05, 4.69) is 59.9 Å². The molecule has 0 atom stereocenters. The molecule has 0 saturated heterocycles. The molecule has 14 heteroatoms. The van der Waals surface area contributed by atoms with Gasteiger partial charge in [-0.2, -0.15) is 0 Å². The fourth-order valence-corrected chi connectivity index (χ4v) is 0. The zero-order valence-electron chi connectivity index (χ0n) is 12.2. The van der Waals surface area contributed by atoms with Gasteiger partial charge in [0, 0.05) is 39.0 Å². The van der Waals surface area contributed by atoms with Crippen LogP contribution in [0.25, 0.3) is 5.84 Å². The van der Waals surface area contributed by atoms with Crippen LogP contribution in [0.4, 0.5) is 0 Å². The normalized spacial score (nSPS) is 2.16. The third-order valence-corrected chi connectivity index (χ3v) is 0. The van der Waals surface area contributed by atoms with E-state index in [0.29, 0.717) is 0 Å². The van der Waals surface area contributed by atoms with E-state index < -0.39 is 0 Å². The molecular formula is C11H7N2O9Ru3. The topological polar surface area (TPSA) is 206 Å². The second-order valence-electron chi connectivity index (χ2n) is 0.894. The van der Waals surface area contributed by atoms with Gasteiger partial charge in [-0.1, -0.05) is 0 Å². The fraction of sp³-hybridized carbons (Fsp3) is 0.182. The summed E-state index contributed by atoms with van der Waals surface area (Å²) < 4.78 is 67.5. The van der Waals surface area contributed by atoms with Crippen molar-refractivity contribution in [2.24, 2.45) is 0 Å². The number of nitrogens with one attached hydrogen (secondary N) is 1. The van der Waals surface area contributed by atoms with Crippen LogP contribution in [-0.4, -0.2) is 19.1 Å². The minimum Gasteiger partial charge on any atom is 0 e. The fourth-order valence-electron chi connectivity index (χ4n) is 0. The average Bonchev–Trinajstić information content (AvgIpc) is 2.69. The standard InChI is InChI=1S/C2H7N2.9CO.3Ru/c1-4(2)3;9*1-2;;;/h3H,1-2H3;;;;;;;;;;;;/q-1;;;;;;;;;;;;+1. The van der Waals surface area contributed by atoms with Crippen molar-refractivity contribution in [2.75, 3.05) is 14.1 Å². The molecule has 1 N–H and O–H groups in total. The van der Waals surface area contributed by atoms with Crippen LogP contribution < -0.4 is 0 Å². The SMILES string of the molecule is CN(C)[NH-].[C-]#[O+].[C-]#[O+].[C-]#[O+].[C-]#[O+].[C-]#[O+].[C-]#[O+].[C-]#[O+].[C-]#[O+].[C-]#[O+].[Ru+].[Ru].[Ru]. The third kappa shape index (κ3) is 35700. The first-order valence-electron chi connectivity index (χ1n) is 2.96. The largest absolute Gasteiger partial charge is 1.00 e. The molecule has 0 saturated carbocycles. The quantitative estimate of drug-likeness (QED) is 0.159. The molecule has 0 aromatic heterocycles.